The lowest BCUT2D eigenvalue weighted by Crippen LogP contribution is -2.08. The van der Waals surface area contributed by atoms with Crippen molar-refractivity contribution in [3.8, 4) is 0 Å². The molecule has 2 aromatic rings. The molecule has 2 rings (SSSR count). The molecule has 2 heterocycles. The fourth-order valence-electron chi connectivity index (χ4n) is 1.17. The van der Waals surface area contributed by atoms with E-state index in [9.17, 15) is 4.79 Å². The molecule has 0 aliphatic heterocycles. The van der Waals surface area contributed by atoms with Gasteiger partial charge in [0.25, 0.3) is 0 Å². The van der Waals surface area contributed by atoms with Gasteiger partial charge in [-0.3, -0.25) is 4.79 Å². The summed E-state index contributed by atoms with van der Waals surface area (Å²) in [6.45, 7) is 1.86. The fraction of sp³-hybridized carbons (Fsp3) is 0.222. The van der Waals surface area contributed by atoms with E-state index in [1.54, 1.807) is 21.7 Å². The first-order valence-electron chi connectivity index (χ1n) is 4.11. The molecule has 0 aliphatic carbocycles. The minimum Gasteiger partial charge on any atom is -0.329 e. The molecule has 0 saturated heterocycles. The quantitative estimate of drug-likeness (QED) is 0.700. The van der Waals surface area contributed by atoms with Gasteiger partial charge >= 0.3 is 0 Å². The zero-order chi connectivity index (χ0) is 10.1. The Morgan fingerprint density at radius 2 is 2.29 bits per heavy atom. The van der Waals surface area contributed by atoms with E-state index < -0.39 is 0 Å². The normalized spacial score (nSPS) is 10.4. The van der Waals surface area contributed by atoms with E-state index in [1.165, 1.54) is 11.3 Å². The summed E-state index contributed by atoms with van der Waals surface area (Å²) in [5.74, 6) is 0.748. The lowest BCUT2D eigenvalue weighted by atomic mass is 10.2. The summed E-state index contributed by atoms with van der Waals surface area (Å²) >= 11 is 1.41. The molecule has 0 aromatic carbocycles. The van der Waals surface area contributed by atoms with Crippen molar-refractivity contribution in [1.29, 1.82) is 0 Å². The molecule has 14 heavy (non-hydrogen) atoms. The highest BCUT2D eigenvalue weighted by molar-refractivity contribution is 7.07. The van der Waals surface area contributed by atoms with Crippen LogP contribution < -0.4 is 0 Å². The van der Waals surface area contributed by atoms with Gasteiger partial charge in [-0.05, 0) is 6.92 Å². The van der Waals surface area contributed by atoms with E-state index in [-0.39, 0.29) is 5.78 Å². The Bertz CT molecular complexity index is 458. The van der Waals surface area contributed by atoms with E-state index >= 15 is 0 Å². The first-order valence-corrected chi connectivity index (χ1v) is 5.05. The largest absolute Gasteiger partial charge is 0.329 e. The third kappa shape index (κ3) is 1.35. The molecule has 0 atom stereocenters. The monoisotopic (exact) mass is 207 g/mol. The molecule has 0 spiro atoms. The Kier molecular flexibility index (Phi) is 2.17. The van der Waals surface area contributed by atoms with Crippen LogP contribution in [0.5, 0.6) is 0 Å². The van der Waals surface area contributed by atoms with E-state index in [4.69, 9.17) is 0 Å². The standard InChI is InChI=1S/C9H9N3OS/c1-6-10-3-8(12(6)2)9(13)7-4-14-5-11-7/h3-5H,1-2H3. The third-order valence-corrected chi connectivity index (χ3v) is 2.70. The highest BCUT2D eigenvalue weighted by Gasteiger charge is 2.15. The van der Waals surface area contributed by atoms with Gasteiger partial charge in [0.1, 0.15) is 17.2 Å². The smallest absolute Gasteiger partial charge is 0.230 e. The predicted molar refractivity (Wildman–Crippen MR) is 53.5 cm³/mol. The Labute approximate surface area is 85.2 Å². The lowest BCUT2D eigenvalue weighted by Gasteiger charge is -1.99. The molecule has 0 radical (unpaired) electrons. The molecule has 0 fully saturated rings. The second kappa shape index (κ2) is 3.34. The van der Waals surface area contributed by atoms with E-state index in [0.29, 0.717) is 11.4 Å². The van der Waals surface area contributed by atoms with Gasteiger partial charge in [-0.15, -0.1) is 11.3 Å². The molecule has 0 saturated carbocycles. The molecule has 5 heteroatoms. The summed E-state index contributed by atoms with van der Waals surface area (Å²) in [6.07, 6.45) is 1.58. The van der Waals surface area contributed by atoms with Crippen LogP contribution in [0.4, 0.5) is 0 Å². The van der Waals surface area contributed by atoms with E-state index in [2.05, 4.69) is 9.97 Å². The molecule has 0 unspecified atom stereocenters. The second-order valence-electron chi connectivity index (χ2n) is 2.95. The zero-order valence-electron chi connectivity index (χ0n) is 7.89. The number of aryl methyl sites for hydroxylation is 1. The number of rotatable bonds is 2. The number of carbonyl (C=O) groups excluding carboxylic acids is 1. The van der Waals surface area contributed by atoms with Crippen LogP contribution >= 0.6 is 11.3 Å². The third-order valence-electron chi connectivity index (χ3n) is 2.12. The van der Waals surface area contributed by atoms with Crippen molar-refractivity contribution >= 4 is 17.1 Å². The average molecular weight is 207 g/mol. The minimum absolute atomic E-state index is 0.0747. The molecule has 0 amide bonds. The van der Waals surface area contributed by atoms with Crippen LogP contribution in [-0.2, 0) is 7.05 Å². The predicted octanol–water partition coefficient (Wildman–Crippen LogP) is 1.42. The number of carbonyl (C=O) groups is 1. The number of imidazole rings is 1. The van der Waals surface area contributed by atoms with Gasteiger partial charge in [0.2, 0.25) is 5.78 Å². The Hall–Kier alpha value is -1.49. The molecule has 4 nitrogen and oxygen atoms in total. The van der Waals surface area contributed by atoms with Crippen molar-refractivity contribution in [3.05, 3.63) is 34.3 Å². The van der Waals surface area contributed by atoms with Gasteiger partial charge in [-0.2, -0.15) is 0 Å². The molecule has 0 aliphatic rings. The first-order chi connectivity index (χ1) is 6.70. The topological polar surface area (TPSA) is 47.8 Å². The summed E-state index contributed by atoms with van der Waals surface area (Å²) < 4.78 is 1.77. The summed E-state index contributed by atoms with van der Waals surface area (Å²) in [7, 11) is 1.82. The highest BCUT2D eigenvalue weighted by Crippen LogP contribution is 2.10. The van der Waals surface area contributed by atoms with Crippen LogP contribution in [0.2, 0.25) is 0 Å². The first kappa shape index (κ1) is 9.08. The van der Waals surface area contributed by atoms with Crippen LogP contribution in [0.1, 0.15) is 22.0 Å². The van der Waals surface area contributed by atoms with Crippen LogP contribution in [0.15, 0.2) is 17.1 Å². The highest BCUT2D eigenvalue weighted by atomic mass is 32.1. The van der Waals surface area contributed by atoms with Gasteiger partial charge in [0, 0.05) is 12.4 Å². The van der Waals surface area contributed by atoms with Gasteiger partial charge in [0.15, 0.2) is 0 Å². The number of hydrogen-bond acceptors (Lipinski definition) is 4. The zero-order valence-corrected chi connectivity index (χ0v) is 8.71. The van der Waals surface area contributed by atoms with Crippen molar-refractivity contribution in [2.24, 2.45) is 7.05 Å². The Morgan fingerprint density at radius 3 is 2.79 bits per heavy atom. The van der Waals surface area contributed by atoms with E-state index in [0.717, 1.165) is 5.82 Å². The summed E-state index contributed by atoms with van der Waals surface area (Å²) in [4.78, 5) is 19.9. The van der Waals surface area contributed by atoms with Crippen molar-refractivity contribution in [1.82, 2.24) is 14.5 Å². The van der Waals surface area contributed by atoms with Crippen LogP contribution in [-0.4, -0.2) is 20.3 Å². The van der Waals surface area contributed by atoms with E-state index in [1.807, 2.05) is 14.0 Å². The molecular formula is C9H9N3OS. The lowest BCUT2D eigenvalue weighted by molar-refractivity contribution is 0.102. The van der Waals surface area contributed by atoms with Crippen LogP contribution in [0, 0.1) is 6.92 Å². The van der Waals surface area contributed by atoms with Gasteiger partial charge in [-0.25, -0.2) is 9.97 Å². The average Bonchev–Trinajstić information content (AvgIpc) is 2.77. The minimum atomic E-state index is -0.0747. The number of ketones is 1. The van der Waals surface area contributed by atoms with Crippen molar-refractivity contribution in [2.75, 3.05) is 0 Å². The van der Waals surface area contributed by atoms with Gasteiger partial charge in [0.05, 0.1) is 11.7 Å². The maximum absolute atomic E-state index is 11.8. The number of aromatic nitrogens is 3. The number of nitrogens with zero attached hydrogens (tertiary/aromatic N) is 3. The van der Waals surface area contributed by atoms with Crippen molar-refractivity contribution in [3.63, 3.8) is 0 Å². The molecule has 0 bridgehead atoms. The number of thiazole rings is 1. The maximum atomic E-state index is 11.8. The number of hydrogen-bond donors (Lipinski definition) is 0. The molecule has 72 valence electrons. The van der Waals surface area contributed by atoms with Crippen molar-refractivity contribution < 1.29 is 4.79 Å². The fourth-order valence-corrected chi connectivity index (χ4v) is 1.70. The molecule has 0 N–H and O–H groups in total. The summed E-state index contributed by atoms with van der Waals surface area (Å²) in [5.41, 5.74) is 2.71. The SMILES string of the molecule is Cc1ncc(C(=O)c2cscn2)n1C. The van der Waals surface area contributed by atoms with Gasteiger partial charge < -0.3 is 4.57 Å². The van der Waals surface area contributed by atoms with Crippen molar-refractivity contribution in [2.45, 2.75) is 6.92 Å². The summed E-state index contributed by atoms with van der Waals surface area (Å²) in [5, 5.41) is 1.74. The second-order valence-corrected chi connectivity index (χ2v) is 3.67. The Morgan fingerprint density at radius 1 is 1.50 bits per heavy atom. The van der Waals surface area contributed by atoms with Gasteiger partial charge in [-0.1, -0.05) is 0 Å². The molecular weight excluding hydrogens is 198 g/mol. The van der Waals surface area contributed by atoms with Crippen LogP contribution in [0.3, 0.4) is 0 Å². The molecule has 2 aromatic heterocycles. The summed E-state index contributed by atoms with van der Waals surface area (Å²) in [6, 6.07) is 0. The Balaban J connectivity index is 2.42. The maximum Gasteiger partial charge on any atom is 0.230 e. The van der Waals surface area contributed by atoms with Crippen LogP contribution in [0.25, 0.3) is 0 Å².